The molecule has 3 nitrogen and oxygen atoms in total. The van der Waals surface area contributed by atoms with Crippen LogP contribution in [0.3, 0.4) is 0 Å². The van der Waals surface area contributed by atoms with Crippen LogP contribution in [0, 0.1) is 0 Å². The van der Waals surface area contributed by atoms with Gasteiger partial charge in [0.25, 0.3) is 0 Å². The Morgan fingerprint density at radius 2 is 2.46 bits per heavy atom. The van der Waals surface area contributed by atoms with Crippen LogP contribution in [0.1, 0.15) is 12.5 Å². The first kappa shape index (κ1) is 10.1. The van der Waals surface area contributed by atoms with Gasteiger partial charge in [-0.05, 0) is 18.6 Å². The number of carbonyl (C=O) groups is 1. The smallest absolute Gasteiger partial charge is 0.238 e. The fraction of sp³-hybridized carbons (Fsp3) is 0.444. The summed E-state index contributed by atoms with van der Waals surface area (Å²) in [6.45, 7) is 2.19. The van der Waals surface area contributed by atoms with Crippen molar-refractivity contribution < 1.29 is 4.79 Å². The van der Waals surface area contributed by atoms with E-state index in [9.17, 15) is 4.79 Å². The van der Waals surface area contributed by atoms with Gasteiger partial charge in [-0.15, -0.1) is 11.6 Å². The Balaban J connectivity index is 2.39. The number of aromatic nitrogens is 1. The summed E-state index contributed by atoms with van der Waals surface area (Å²) in [4.78, 5) is 11.1. The van der Waals surface area contributed by atoms with E-state index in [2.05, 4.69) is 5.32 Å². The number of halogens is 1. The van der Waals surface area contributed by atoms with Crippen molar-refractivity contribution in [2.75, 3.05) is 0 Å². The van der Waals surface area contributed by atoms with E-state index >= 15 is 0 Å². The van der Waals surface area contributed by atoms with Crippen LogP contribution in [-0.2, 0) is 18.4 Å². The largest absolute Gasteiger partial charge is 0.357 e. The summed E-state index contributed by atoms with van der Waals surface area (Å²) < 4.78 is 1.94. The van der Waals surface area contributed by atoms with E-state index in [0.29, 0.717) is 6.54 Å². The number of nitrogens with zero attached hydrogens (tertiary/aromatic N) is 1. The van der Waals surface area contributed by atoms with Gasteiger partial charge in [-0.2, -0.15) is 0 Å². The Kier molecular flexibility index (Phi) is 3.37. The number of aryl methyl sites for hydroxylation is 1. The maximum Gasteiger partial charge on any atom is 0.238 e. The summed E-state index contributed by atoms with van der Waals surface area (Å²) in [5.41, 5.74) is 1.08. The summed E-state index contributed by atoms with van der Waals surface area (Å²) in [5.74, 6) is -0.134. The van der Waals surface area contributed by atoms with Crippen LogP contribution in [-0.4, -0.2) is 15.9 Å². The Morgan fingerprint density at radius 1 is 1.77 bits per heavy atom. The number of alkyl halides is 1. The van der Waals surface area contributed by atoms with Crippen LogP contribution in [0.15, 0.2) is 18.5 Å². The molecule has 1 rings (SSSR count). The lowest BCUT2D eigenvalue weighted by Gasteiger charge is -2.04. The van der Waals surface area contributed by atoms with Gasteiger partial charge in [-0.1, -0.05) is 0 Å². The van der Waals surface area contributed by atoms with Crippen molar-refractivity contribution in [3.63, 3.8) is 0 Å². The van der Waals surface area contributed by atoms with Crippen molar-refractivity contribution in [2.24, 2.45) is 7.05 Å². The van der Waals surface area contributed by atoms with Gasteiger partial charge in [-0.3, -0.25) is 4.79 Å². The number of amides is 1. The maximum absolute atomic E-state index is 11.1. The maximum atomic E-state index is 11.1. The Labute approximate surface area is 82.7 Å². The van der Waals surface area contributed by atoms with E-state index in [1.165, 1.54) is 0 Å². The van der Waals surface area contributed by atoms with Crippen molar-refractivity contribution in [2.45, 2.75) is 18.8 Å². The molecule has 0 aliphatic heterocycles. The topological polar surface area (TPSA) is 34.0 Å². The predicted octanol–water partition coefficient (Wildman–Crippen LogP) is 1.27. The Hall–Kier alpha value is -0.960. The third-order valence-corrected chi connectivity index (χ3v) is 1.92. The zero-order valence-electron chi connectivity index (χ0n) is 7.75. The van der Waals surface area contributed by atoms with Gasteiger partial charge in [0, 0.05) is 26.0 Å². The molecule has 0 aromatic carbocycles. The number of hydrogen-bond donors (Lipinski definition) is 1. The molecule has 0 spiro atoms. The minimum absolute atomic E-state index is 0.134. The second-order valence-corrected chi connectivity index (χ2v) is 3.67. The minimum Gasteiger partial charge on any atom is -0.357 e. The van der Waals surface area contributed by atoms with Crippen molar-refractivity contribution in [1.82, 2.24) is 9.88 Å². The van der Waals surface area contributed by atoms with E-state index in [4.69, 9.17) is 11.6 Å². The first-order valence-electron chi connectivity index (χ1n) is 4.12. The molecule has 0 bridgehead atoms. The van der Waals surface area contributed by atoms with Crippen molar-refractivity contribution in [1.29, 1.82) is 0 Å². The number of hydrogen-bond acceptors (Lipinski definition) is 1. The molecule has 4 heteroatoms. The van der Waals surface area contributed by atoms with Crippen molar-refractivity contribution >= 4 is 17.5 Å². The summed E-state index contributed by atoms with van der Waals surface area (Å²) in [6.07, 6.45) is 3.89. The molecule has 1 N–H and O–H groups in total. The highest BCUT2D eigenvalue weighted by Crippen LogP contribution is 1.99. The molecular formula is C9H13ClN2O. The highest BCUT2D eigenvalue weighted by Gasteiger charge is 2.07. The zero-order valence-corrected chi connectivity index (χ0v) is 8.51. The van der Waals surface area contributed by atoms with Crippen LogP contribution in [0.4, 0.5) is 0 Å². The Morgan fingerprint density at radius 3 is 2.92 bits per heavy atom. The van der Waals surface area contributed by atoms with Crippen LogP contribution in [0.2, 0.25) is 0 Å². The van der Waals surface area contributed by atoms with Gasteiger partial charge in [0.05, 0.1) is 0 Å². The van der Waals surface area contributed by atoms with E-state index < -0.39 is 5.38 Å². The monoisotopic (exact) mass is 200 g/mol. The molecule has 1 amide bonds. The number of rotatable bonds is 3. The molecular weight excluding hydrogens is 188 g/mol. The molecule has 0 aliphatic carbocycles. The lowest BCUT2D eigenvalue weighted by atomic mass is 10.3. The van der Waals surface area contributed by atoms with Crippen LogP contribution >= 0.6 is 11.6 Å². The second kappa shape index (κ2) is 4.33. The predicted molar refractivity (Wildman–Crippen MR) is 52.6 cm³/mol. The molecule has 1 unspecified atom stereocenters. The first-order chi connectivity index (χ1) is 6.09. The molecule has 72 valence electrons. The quantitative estimate of drug-likeness (QED) is 0.733. The summed E-state index contributed by atoms with van der Waals surface area (Å²) >= 11 is 5.58. The van der Waals surface area contributed by atoms with E-state index in [-0.39, 0.29) is 5.91 Å². The van der Waals surface area contributed by atoms with Gasteiger partial charge in [0.1, 0.15) is 5.38 Å². The minimum atomic E-state index is -0.469. The number of nitrogens with one attached hydrogen (secondary N) is 1. The highest BCUT2D eigenvalue weighted by atomic mass is 35.5. The fourth-order valence-electron chi connectivity index (χ4n) is 0.995. The SMILES string of the molecule is CC(Cl)C(=O)NCc1ccn(C)c1. The van der Waals surface area contributed by atoms with Crippen molar-refractivity contribution in [3.8, 4) is 0 Å². The van der Waals surface area contributed by atoms with Gasteiger partial charge < -0.3 is 9.88 Å². The molecule has 1 atom stereocenters. The van der Waals surface area contributed by atoms with Crippen molar-refractivity contribution in [3.05, 3.63) is 24.0 Å². The summed E-state index contributed by atoms with van der Waals surface area (Å²) in [7, 11) is 1.94. The van der Waals surface area contributed by atoms with Crippen LogP contribution in [0.25, 0.3) is 0 Å². The zero-order chi connectivity index (χ0) is 9.84. The lowest BCUT2D eigenvalue weighted by Crippen LogP contribution is -2.28. The second-order valence-electron chi connectivity index (χ2n) is 3.02. The van der Waals surface area contributed by atoms with Gasteiger partial charge in [0.15, 0.2) is 0 Å². The average molecular weight is 201 g/mol. The van der Waals surface area contributed by atoms with E-state index in [1.54, 1.807) is 6.92 Å². The molecule has 1 heterocycles. The fourth-order valence-corrected chi connectivity index (χ4v) is 1.07. The molecule has 13 heavy (non-hydrogen) atoms. The van der Waals surface area contributed by atoms with Gasteiger partial charge in [0.2, 0.25) is 5.91 Å². The van der Waals surface area contributed by atoms with Crippen LogP contribution < -0.4 is 5.32 Å². The molecule has 0 aliphatic rings. The standard InChI is InChI=1S/C9H13ClN2O/c1-7(10)9(13)11-5-8-3-4-12(2)6-8/h3-4,6-7H,5H2,1-2H3,(H,11,13). The Bertz CT molecular complexity index is 294. The molecule has 0 fully saturated rings. The van der Waals surface area contributed by atoms with Gasteiger partial charge in [-0.25, -0.2) is 0 Å². The van der Waals surface area contributed by atoms with Crippen LogP contribution in [0.5, 0.6) is 0 Å². The van der Waals surface area contributed by atoms with Gasteiger partial charge >= 0.3 is 0 Å². The van der Waals surface area contributed by atoms with E-state index in [0.717, 1.165) is 5.56 Å². The first-order valence-corrected chi connectivity index (χ1v) is 4.56. The third kappa shape index (κ3) is 3.11. The number of carbonyl (C=O) groups excluding carboxylic acids is 1. The third-order valence-electron chi connectivity index (χ3n) is 1.72. The highest BCUT2D eigenvalue weighted by molar-refractivity contribution is 6.30. The lowest BCUT2D eigenvalue weighted by molar-refractivity contribution is -0.120. The molecule has 1 aromatic heterocycles. The normalized spacial score (nSPS) is 12.5. The van der Waals surface area contributed by atoms with E-state index in [1.807, 2.05) is 30.1 Å². The summed E-state index contributed by atoms with van der Waals surface area (Å²) in [6, 6.07) is 1.96. The molecule has 0 saturated carbocycles. The molecule has 0 saturated heterocycles. The molecule has 1 aromatic rings. The average Bonchev–Trinajstić information content (AvgIpc) is 2.47. The molecule has 0 radical (unpaired) electrons. The summed E-state index contributed by atoms with van der Waals surface area (Å²) in [5, 5.41) is 2.26.